The number of fused-ring (bicyclic) bond motifs is 2. The second kappa shape index (κ2) is 6.49. The summed E-state index contributed by atoms with van der Waals surface area (Å²) in [6, 6.07) is 12.9. The molecule has 0 aliphatic carbocycles. The van der Waals surface area contributed by atoms with Crippen molar-refractivity contribution < 1.29 is 13.9 Å². The van der Waals surface area contributed by atoms with Gasteiger partial charge in [0, 0.05) is 28.7 Å². The molecule has 0 aliphatic heterocycles. The monoisotopic (exact) mass is 390 g/mol. The minimum atomic E-state index is -1.81. The summed E-state index contributed by atoms with van der Waals surface area (Å²) in [6.07, 6.45) is 6.49. The Labute approximate surface area is 164 Å². The van der Waals surface area contributed by atoms with Crippen molar-refractivity contribution in [2.24, 2.45) is 0 Å². The van der Waals surface area contributed by atoms with Crippen molar-refractivity contribution in [3.63, 3.8) is 0 Å². The molecular formula is C22H16F2N4O. The first-order valence-electron chi connectivity index (χ1n) is 9.04. The summed E-state index contributed by atoms with van der Waals surface area (Å²) in [6.45, 7) is -0.986. The quantitative estimate of drug-likeness (QED) is 0.482. The van der Waals surface area contributed by atoms with E-state index < -0.39 is 12.3 Å². The van der Waals surface area contributed by atoms with Crippen LogP contribution in [-0.2, 0) is 5.60 Å². The molecule has 5 nitrogen and oxygen atoms in total. The van der Waals surface area contributed by atoms with E-state index >= 15 is 0 Å². The summed E-state index contributed by atoms with van der Waals surface area (Å²) in [5, 5.41) is 17.1. The number of halogens is 2. The molecule has 0 aliphatic rings. The fourth-order valence-electron chi connectivity index (χ4n) is 3.70. The molecule has 0 amide bonds. The smallest absolute Gasteiger partial charge is 0.145 e. The van der Waals surface area contributed by atoms with Crippen LogP contribution in [0, 0.1) is 5.82 Å². The highest BCUT2D eigenvalue weighted by Crippen LogP contribution is 2.36. The third kappa shape index (κ3) is 2.70. The summed E-state index contributed by atoms with van der Waals surface area (Å²) in [7, 11) is 0. The van der Waals surface area contributed by atoms with Gasteiger partial charge in [-0.05, 0) is 48.0 Å². The predicted octanol–water partition coefficient (Wildman–Crippen LogP) is 4.25. The van der Waals surface area contributed by atoms with Gasteiger partial charge in [-0.1, -0.05) is 6.07 Å². The van der Waals surface area contributed by atoms with Crippen LogP contribution in [-0.4, -0.2) is 31.5 Å². The number of hydrogen-bond donors (Lipinski definition) is 2. The van der Waals surface area contributed by atoms with Gasteiger partial charge < -0.3 is 10.1 Å². The van der Waals surface area contributed by atoms with Crippen LogP contribution in [0.5, 0.6) is 0 Å². The Hall–Kier alpha value is -3.58. The average molecular weight is 390 g/mol. The van der Waals surface area contributed by atoms with Crippen LogP contribution in [0.25, 0.3) is 27.5 Å². The molecular weight excluding hydrogens is 374 g/mol. The number of pyridine rings is 1. The Morgan fingerprint density at radius 2 is 1.90 bits per heavy atom. The Kier molecular flexibility index (Phi) is 3.92. The van der Waals surface area contributed by atoms with Gasteiger partial charge in [-0.15, -0.1) is 0 Å². The van der Waals surface area contributed by atoms with E-state index in [0.29, 0.717) is 22.2 Å². The maximum absolute atomic E-state index is 14.2. The molecule has 2 aromatic carbocycles. The van der Waals surface area contributed by atoms with Gasteiger partial charge in [0.15, 0.2) is 0 Å². The maximum Gasteiger partial charge on any atom is 0.145 e. The van der Waals surface area contributed by atoms with Crippen molar-refractivity contribution in [2.75, 3.05) is 6.67 Å². The number of benzene rings is 2. The number of aliphatic hydroxyl groups is 1. The molecule has 0 radical (unpaired) electrons. The zero-order valence-corrected chi connectivity index (χ0v) is 15.2. The van der Waals surface area contributed by atoms with Crippen LogP contribution >= 0.6 is 0 Å². The molecule has 7 heteroatoms. The van der Waals surface area contributed by atoms with Crippen LogP contribution < -0.4 is 0 Å². The van der Waals surface area contributed by atoms with Gasteiger partial charge in [-0.2, -0.15) is 5.10 Å². The molecule has 0 bridgehead atoms. The first-order valence-corrected chi connectivity index (χ1v) is 9.04. The summed E-state index contributed by atoms with van der Waals surface area (Å²) in [5.74, 6) is -0.325. The van der Waals surface area contributed by atoms with Crippen LogP contribution in [0.15, 0.2) is 73.3 Å². The molecule has 5 aromatic rings. The largest absolute Gasteiger partial charge is 0.378 e. The van der Waals surface area contributed by atoms with Crippen molar-refractivity contribution in [2.45, 2.75) is 5.60 Å². The first-order chi connectivity index (χ1) is 14.1. The summed E-state index contributed by atoms with van der Waals surface area (Å²) >= 11 is 0. The first kappa shape index (κ1) is 17.5. The van der Waals surface area contributed by atoms with E-state index in [4.69, 9.17) is 0 Å². The molecule has 0 saturated carbocycles. The minimum absolute atomic E-state index is 0.325. The predicted molar refractivity (Wildman–Crippen MR) is 106 cm³/mol. The van der Waals surface area contributed by atoms with Crippen LogP contribution in [0.2, 0.25) is 0 Å². The molecule has 3 aromatic heterocycles. The van der Waals surface area contributed by atoms with Crippen molar-refractivity contribution in [1.29, 1.82) is 0 Å². The number of aromatic amines is 1. The SMILES string of the molecule is OC(CF)(c1ccc2c(cnn2-c2ccc(F)cc2)c1)c1c[nH]c2cnccc12. The van der Waals surface area contributed by atoms with Gasteiger partial charge in [-0.3, -0.25) is 4.98 Å². The number of nitrogens with zero attached hydrogens (tertiary/aromatic N) is 3. The Bertz CT molecular complexity index is 1330. The zero-order chi connectivity index (χ0) is 20.0. The maximum atomic E-state index is 14.2. The van der Waals surface area contributed by atoms with Gasteiger partial charge in [0.1, 0.15) is 18.1 Å². The third-order valence-electron chi connectivity index (χ3n) is 5.24. The van der Waals surface area contributed by atoms with Crippen molar-refractivity contribution in [3.05, 3.63) is 90.3 Å². The van der Waals surface area contributed by atoms with Crippen LogP contribution in [0.1, 0.15) is 11.1 Å². The highest BCUT2D eigenvalue weighted by molar-refractivity contribution is 5.85. The Morgan fingerprint density at radius 3 is 2.69 bits per heavy atom. The third-order valence-corrected chi connectivity index (χ3v) is 5.24. The van der Waals surface area contributed by atoms with Gasteiger partial charge in [0.2, 0.25) is 0 Å². The minimum Gasteiger partial charge on any atom is -0.378 e. The number of H-pyrrole nitrogens is 1. The molecule has 1 atom stereocenters. The lowest BCUT2D eigenvalue weighted by Gasteiger charge is -2.25. The molecule has 0 saturated heterocycles. The molecule has 2 N–H and O–H groups in total. The number of alkyl halides is 1. The summed E-state index contributed by atoms with van der Waals surface area (Å²) in [5.41, 5.74) is 1.25. The Balaban J connectivity index is 1.63. The van der Waals surface area contributed by atoms with Gasteiger partial charge >= 0.3 is 0 Å². The normalized spacial score (nSPS) is 13.8. The highest BCUT2D eigenvalue weighted by Gasteiger charge is 2.34. The Morgan fingerprint density at radius 1 is 1.07 bits per heavy atom. The molecule has 5 rings (SSSR count). The molecule has 144 valence electrons. The summed E-state index contributed by atoms with van der Waals surface area (Å²) < 4.78 is 29.1. The number of nitrogens with one attached hydrogen (secondary N) is 1. The van der Waals surface area contributed by atoms with E-state index in [1.54, 1.807) is 65.9 Å². The van der Waals surface area contributed by atoms with Gasteiger partial charge in [0.25, 0.3) is 0 Å². The standard InChI is InChI=1S/C22H16F2N4O/c23-13-22(29,19-11-26-20-12-25-8-7-18(19)20)15-1-6-21-14(9-15)10-27-28(21)17-4-2-16(24)3-5-17/h1-12,26,29H,13H2. The lowest BCUT2D eigenvalue weighted by molar-refractivity contribution is 0.0534. The topological polar surface area (TPSA) is 66.7 Å². The van der Waals surface area contributed by atoms with E-state index in [2.05, 4.69) is 15.1 Å². The average Bonchev–Trinajstić information content (AvgIpc) is 3.38. The van der Waals surface area contributed by atoms with E-state index in [9.17, 15) is 13.9 Å². The molecule has 0 fully saturated rings. The van der Waals surface area contributed by atoms with E-state index in [-0.39, 0.29) is 5.82 Å². The lowest BCUT2D eigenvalue weighted by atomic mass is 9.87. The second-order valence-corrected chi connectivity index (χ2v) is 6.92. The van der Waals surface area contributed by atoms with E-state index in [1.165, 1.54) is 12.1 Å². The summed E-state index contributed by atoms with van der Waals surface area (Å²) in [4.78, 5) is 7.07. The van der Waals surface area contributed by atoms with Crippen molar-refractivity contribution >= 4 is 21.8 Å². The fraction of sp³-hybridized carbons (Fsp3) is 0.0909. The zero-order valence-electron chi connectivity index (χ0n) is 15.2. The molecule has 3 heterocycles. The van der Waals surface area contributed by atoms with Gasteiger partial charge in [0.05, 0.1) is 29.1 Å². The van der Waals surface area contributed by atoms with E-state index in [1.807, 2.05) is 0 Å². The number of rotatable bonds is 4. The molecule has 0 spiro atoms. The number of aromatic nitrogens is 4. The molecule has 29 heavy (non-hydrogen) atoms. The molecule has 1 unspecified atom stereocenters. The van der Waals surface area contributed by atoms with E-state index in [0.717, 1.165) is 16.4 Å². The van der Waals surface area contributed by atoms with Crippen LogP contribution in [0.3, 0.4) is 0 Å². The number of hydrogen-bond acceptors (Lipinski definition) is 3. The lowest BCUT2D eigenvalue weighted by Crippen LogP contribution is -2.29. The van der Waals surface area contributed by atoms with Crippen molar-refractivity contribution in [1.82, 2.24) is 19.7 Å². The fourth-order valence-corrected chi connectivity index (χ4v) is 3.70. The highest BCUT2D eigenvalue weighted by atomic mass is 19.1. The second-order valence-electron chi connectivity index (χ2n) is 6.92. The van der Waals surface area contributed by atoms with Gasteiger partial charge in [-0.25, -0.2) is 13.5 Å². The van der Waals surface area contributed by atoms with Crippen LogP contribution in [0.4, 0.5) is 8.78 Å². The van der Waals surface area contributed by atoms with Crippen molar-refractivity contribution in [3.8, 4) is 5.69 Å².